The van der Waals surface area contributed by atoms with Crippen LogP contribution in [0.25, 0.3) is 0 Å². The maximum atomic E-state index is 12.4. The predicted molar refractivity (Wildman–Crippen MR) is 101 cm³/mol. The molecule has 3 aromatic rings. The molecule has 0 fully saturated rings. The molecule has 0 radical (unpaired) electrons. The van der Waals surface area contributed by atoms with Crippen molar-refractivity contribution in [2.45, 2.75) is 5.75 Å². The molecule has 2 aromatic carbocycles. The molecule has 7 heteroatoms. The van der Waals surface area contributed by atoms with Crippen LogP contribution in [0.1, 0.15) is 15.9 Å². The van der Waals surface area contributed by atoms with Crippen molar-refractivity contribution in [3.8, 4) is 11.8 Å². The van der Waals surface area contributed by atoms with Crippen LogP contribution < -0.4 is 10.1 Å². The van der Waals surface area contributed by atoms with Gasteiger partial charge in [-0.25, -0.2) is 9.97 Å². The van der Waals surface area contributed by atoms with E-state index in [-0.39, 0.29) is 11.9 Å². The molecule has 1 heterocycles. The van der Waals surface area contributed by atoms with E-state index in [0.717, 1.165) is 5.56 Å². The Bertz CT molecular complexity index is 915. The molecular formula is C19H17N3O3S. The molecule has 1 N–H and O–H groups in total. The topological polar surface area (TPSA) is 81.2 Å². The summed E-state index contributed by atoms with van der Waals surface area (Å²) in [7, 11) is -0.951. The third-order valence-electron chi connectivity index (χ3n) is 3.42. The first-order chi connectivity index (χ1) is 12.6. The van der Waals surface area contributed by atoms with E-state index in [2.05, 4.69) is 15.3 Å². The molecule has 26 heavy (non-hydrogen) atoms. The van der Waals surface area contributed by atoms with E-state index in [1.54, 1.807) is 67.2 Å². The summed E-state index contributed by atoms with van der Waals surface area (Å²) in [6, 6.07) is 16.0. The fourth-order valence-corrected chi connectivity index (χ4v) is 2.94. The van der Waals surface area contributed by atoms with Gasteiger partial charge in [0.2, 0.25) is 0 Å². The van der Waals surface area contributed by atoms with Crippen molar-refractivity contribution in [2.24, 2.45) is 0 Å². The first-order valence-electron chi connectivity index (χ1n) is 7.85. The number of hydrogen-bond donors (Lipinski definition) is 1. The lowest BCUT2D eigenvalue weighted by molar-refractivity contribution is 0.102. The van der Waals surface area contributed by atoms with Gasteiger partial charge in [-0.2, -0.15) is 0 Å². The summed E-state index contributed by atoms with van der Waals surface area (Å²) in [5, 5.41) is 2.83. The molecule has 6 nitrogen and oxygen atoms in total. The lowest BCUT2D eigenvalue weighted by Gasteiger charge is -2.08. The second-order valence-electron chi connectivity index (χ2n) is 5.53. The number of benzene rings is 2. The van der Waals surface area contributed by atoms with Gasteiger partial charge >= 0.3 is 6.01 Å². The number of ether oxygens (including phenoxy) is 1. The van der Waals surface area contributed by atoms with Crippen LogP contribution in [0.4, 0.5) is 5.69 Å². The SMILES string of the molecule is C[S@](=O)Cc1cccc(C(=O)Nc2ccc(Oc3ncccn3)cc2)c1. The quantitative estimate of drug-likeness (QED) is 0.722. The van der Waals surface area contributed by atoms with Crippen molar-refractivity contribution in [3.05, 3.63) is 78.1 Å². The Morgan fingerprint density at radius 2 is 1.81 bits per heavy atom. The predicted octanol–water partition coefficient (Wildman–Crippen LogP) is 3.40. The van der Waals surface area contributed by atoms with Crippen molar-refractivity contribution in [2.75, 3.05) is 11.6 Å². The smallest absolute Gasteiger partial charge is 0.321 e. The third kappa shape index (κ3) is 4.97. The minimum atomic E-state index is -0.951. The zero-order chi connectivity index (χ0) is 18.4. The standard InChI is InChI=1S/C19H17N3O3S/c1-26(24)13-14-4-2-5-15(12-14)18(23)22-16-6-8-17(9-7-16)25-19-20-10-3-11-21-19/h2-12H,13H2,1H3,(H,22,23)/t26-/m0/s1. The van der Waals surface area contributed by atoms with Crippen LogP contribution >= 0.6 is 0 Å². The van der Waals surface area contributed by atoms with Crippen molar-refractivity contribution < 1.29 is 13.7 Å². The van der Waals surface area contributed by atoms with Gasteiger partial charge in [-0.1, -0.05) is 12.1 Å². The maximum absolute atomic E-state index is 12.4. The first kappa shape index (κ1) is 17.8. The highest BCUT2D eigenvalue weighted by atomic mass is 32.2. The van der Waals surface area contributed by atoms with E-state index in [4.69, 9.17) is 4.74 Å². The van der Waals surface area contributed by atoms with Gasteiger partial charge in [0.25, 0.3) is 5.91 Å². The lowest BCUT2D eigenvalue weighted by atomic mass is 10.1. The molecule has 0 saturated carbocycles. The zero-order valence-corrected chi connectivity index (χ0v) is 14.9. The average Bonchev–Trinajstić information content (AvgIpc) is 2.64. The van der Waals surface area contributed by atoms with Gasteiger partial charge < -0.3 is 10.1 Å². The van der Waals surface area contributed by atoms with Crippen molar-refractivity contribution in [3.63, 3.8) is 0 Å². The molecule has 0 aliphatic rings. The molecule has 0 aliphatic heterocycles. The van der Waals surface area contributed by atoms with Crippen molar-refractivity contribution >= 4 is 22.4 Å². The van der Waals surface area contributed by atoms with E-state index >= 15 is 0 Å². The minimum Gasteiger partial charge on any atom is -0.424 e. The van der Waals surface area contributed by atoms with Gasteiger partial charge in [-0.05, 0) is 48.0 Å². The summed E-state index contributed by atoms with van der Waals surface area (Å²) in [4.78, 5) is 20.4. The Balaban J connectivity index is 1.65. The Hall–Kier alpha value is -3.06. The van der Waals surface area contributed by atoms with Crippen LogP contribution in [0.5, 0.6) is 11.8 Å². The molecule has 3 rings (SSSR count). The Labute approximate surface area is 153 Å². The van der Waals surface area contributed by atoms with E-state index in [1.807, 2.05) is 6.07 Å². The largest absolute Gasteiger partial charge is 0.424 e. The first-order valence-corrected chi connectivity index (χ1v) is 9.58. The fraction of sp³-hybridized carbons (Fsp3) is 0.105. The molecular weight excluding hydrogens is 350 g/mol. The second-order valence-corrected chi connectivity index (χ2v) is 6.96. The Morgan fingerprint density at radius 1 is 1.08 bits per heavy atom. The summed E-state index contributed by atoms with van der Waals surface area (Å²) in [5.74, 6) is 0.768. The molecule has 0 aliphatic carbocycles. The molecule has 1 aromatic heterocycles. The van der Waals surface area contributed by atoms with E-state index in [9.17, 15) is 9.00 Å². The normalized spacial score (nSPS) is 11.6. The highest BCUT2D eigenvalue weighted by Crippen LogP contribution is 2.20. The van der Waals surface area contributed by atoms with Crippen molar-refractivity contribution in [1.82, 2.24) is 9.97 Å². The lowest BCUT2D eigenvalue weighted by Crippen LogP contribution is -2.12. The van der Waals surface area contributed by atoms with Crippen LogP contribution in [0.15, 0.2) is 67.0 Å². The van der Waals surface area contributed by atoms with Gasteiger partial charge in [0, 0.05) is 46.5 Å². The molecule has 0 saturated heterocycles. The highest BCUT2D eigenvalue weighted by molar-refractivity contribution is 7.83. The number of carbonyl (C=O) groups is 1. The van der Waals surface area contributed by atoms with Gasteiger partial charge in [-0.15, -0.1) is 0 Å². The fourth-order valence-electron chi connectivity index (χ4n) is 2.29. The van der Waals surface area contributed by atoms with Crippen LogP contribution in [0.2, 0.25) is 0 Å². The monoisotopic (exact) mass is 367 g/mol. The molecule has 0 bridgehead atoms. The van der Waals surface area contributed by atoms with Crippen LogP contribution in [-0.4, -0.2) is 26.3 Å². The summed E-state index contributed by atoms with van der Waals surface area (Å²) in [5.41, 5.74) is 2.02. The third-order valence-corrected chi connectivity index (χ3v) is 4.16. The summed E-state index contributed by atoms with van der Waals surface area (Å²) in [6.07, 6.45) is 4.83. The van der Waals surface area contributed by atoms with Gasteiger partial charge in [0.15, 0.2) is 0 Å². The number of carbonyl (C=O) groups excluding carboxylic acids is 1. The molecule has 0 unspecified atom stereocenters. The van der Waals surface area contributed by atoms with E-state index < -0.39 is 10.8 Å². The number of nitrogens with one attached hydrogen (secondary N) is 1. The van der Waals surface area contributed by atoms with Crippen LogP contribution in [0, 0.1) is 0 Å². The van der Waals surface area contributed by atoms with Gasteiger partial charge in [-0.3, -0.25) is 9.00 Å². The molecule has 132 valence electrons. The number of hydrogen-bond acceptors (Lipinski definition) is 5. The van der Waals surface area contributed by atoms with Crippen molar-refractivity contribution in [1.29, 1.82) is 0 Å². The molecule has 0 spiro atoms. The number of aromatic nitrogens is 2. The molecule has 1 atom stereocenters. The number of nitrogens with zero attached hydrogens (tertiary/aromatic N) is 2. The Kier molecular flexibility index (Phi) is 5.70. The number of rotatable bonds is 6. The summed E-state index contributed by atoms with van der Waals surface area (Å²) >= 11 is 0. The van der Waals surface area contributed by atoms with Gasteiger partial charge in [0.05, 0.1) is 0 Å². The van der Waals surface area contributed by atoms with Crippen LogP contribution in [-0.2, 0) is 16.6 Å². The second kappa shape index (κ2) is 8.35. The van der Waals surface area contributed by atoms with Gasteiger partial charge in [0.1, 0.15) is 5.75 Å². The zero-order valence-electron chi connectivity index (χ0n) is 14.1. The highest BCUT2D eigenvalue weighted by Gasteiger charge is 2.08. The van der Waals surface area contributed by atoms with E-state index in [0.29, 0.717) is 22.8 Å². The number of anilines is 1. The van der Waals surface area contributed by atoms with Crippen LogP contribution in [0.3, 0.4) is 0 Å². The minimum absolute atomic E-state index is 0.228. The molecule has 1 amide bonds. The summed E-state index contributed by atoms with van der Waals surface area (Å²) < 4.78 is 16.8. The van der Waals surface area contributed by atoms with E-state index in [1.165, 1.54) is 0 Å². The summed E-state index contributed by atoms with van der Waals surface area (Å²) in [6.45, 7) is 0. The average molecular weight is 367 g/mol. The maximum Gasteiger partial charge on any atom is 0.321 e. The Morgan fingerprint density at radius 3 is 2.50 bits per heavy atom. The number of amides is 1.